The van der Waals surface area contributed by atoms with Gasteiger partial charge in [0.2, 0.25) is 0 Å². The van der Waals surface area contributed by atoms with Gasteiger partial charge in [-0.25, -0.2) is 4.79 Å². The quantitative estimate of drug-likeness (QED) is 0.535. The Morgan fingerprint density at radius 2 is 2.00 bits per heavy atom. The van der Waals surface area contributed by atoms with E-state index >= 15 is 0 Å². The van der Waals surface area contributed by atoms with Crippen LogP contribution in [0.1, 0.15) is 57.0 Å². The summed E-state index contributed by atoms with van der Waals surface area (Å²) >= 11 is 0. The van der Waals surface area contributed by atoms with Crippen LogP contribution in [-0.4, -0.2) is 39.5 Å². The Labute approximate surface area is 168 Å². The van der Waals surface area contributed by atoms with Gasteiger partial charge in [0.05, 0.1) is 0 Å². The average Bonchev–Trinajstić information content (AvgIpc) is 3.28. The summed E-state index contributed by atoms with van der Waals surface area (Å²) < 4.78 is 10.4. The van der Waals surface area contributed by atoms with Gasteiger partial charge in [-0.2, -0.15) is 4.98 Å². The number of nitrogens with zero attached hydrogens (tertiary/aromatic N) is 3. The van der Waals surface area contributed by atoms with Gasteiger partial charge in [-0.1, -0.05) is 49.3 Å². The molecular weight excluding hydrogens is 376 g/mol. The Morgan fingerprint density at radius 1 is 1.28 bits per heavy atom. The summed E-state index contributed by atoms with van der Waals surface area (Å²) in [6.07, 6.45) is 1.09. The molecule has 3 amide bonds. The zero-order valence-electron chi connectivity index (χ0n) is 16.7. The summed E-state index contributed by atoms with van der Waals surface area (Å²) in [7, 11) is 0. The van der Waals surface area contributed by atoms with Gasteiger partial charge in [-0.05, 0) is 25.3 Å². The maximum absolute atomic E-state index is 13.0. The summed E-state index contributed by atoms with van der Waals surface area (Å²) in [5.41, 5.74) is -0.523. The van der Waals surface area contributed by atoms with Gasteiger partial charge >= 0.3 is 12.0 Å². The number of esters is 1. The van der Waals surface area contributed by atoms with Gasteiger partial charge in [-0.3, -0.25) is 14.5 Å². The molecule has 0 saturated carbocycles. The highest BCUT2D eigenvalue weighted by Gasteiger charge is 2.51. The van der Waals surface area contributed by atoms with Gasteiger partial charge in [0.15, 0.2) is 11.9 Å². The minimum absolute atomic E-state index is 0.172. The first-order valence-corrected chi connectivity index (χ1v) is 9.62. The standard InChI is InChI=1S/C20H24N4O5/c1-4-9-15-21-17(29-23-15)13(3)28-16(25)12-24-18(26)20(5-2,22-19(24)27)14-10-7-6-8-11-14/h6-8,10-11,13H,4-5,9,12H2,1-3H3,(H,22,27). The van der Waals surface area contributed by atoms with Crippen LogP contribution in [0.5, 0.6) is 0 Å². The molecule has 154 valence electrons. The predicted octanol–water partition coefficient (Wildman–Crippen LogP) is 2.48. The van der Waals surface area contributed by atoms with Crippen molar-refractivity contribution in [2.75, 3.05) is 6.54 Å². The fourth-order valence-electron chi connectivity index (χ4n) is 3.30. The Kier molecular flexibility index (Phi) is 5.95. The summed E-state index contributed by atoms with van der Waals surface area (Å²) in [5.74, 6) is -0.513. The first kappa shape index (κ1) is 20.5. The van der Waals surface area contributed by atoms with Crippen LogP contribution < -0.4 is 5.32 Å². The average molecular weight is 400 g/mol. The number of carbonyl (C=O) groups excluding carboxylic acids is 3. The lowest BCUT2D eigenvalue weighted by Gasteiger charge is -2.25. The van der Waals surface area contributed by atoms with Gasteiger partial charge in [0.25, 0.3) is 11.8 Å². The molecule has 2 aromatic rings. The molecule has 1 aliphatic heterocycles. The van der Waals surface area contributed by atoms with Gasteiger partial charge < -0.3 is 14.6 Å². The lowest BCUT2D eigenvalue weighted by molar-refractivity contribution is -0.153. The third-order valence-electron chi connectivity index (χ3n) is 4.87. The molecule has 9 nitrogen and oxygen atoms in total. The number of benzene rings is 1. The number of urea groups is 1. The molecule has 9 heteroatoms. The van der Waals surface area contributed by atoms with E-state index in [0.29, 0.717) is 24.2 Å². The van der Waals surface area contributed by atoms with Crippen LogP contribution in [0.15, 0.2) is 34.9 Å². The van der Waals surface area contributed by atoms with E-state index < -0.39 is 36.1 Å². The lowest BCUT2D eigenvalue weighted by Crippen LogP contribution is -2.44. The van der Waals surface area contributed by atoms with E-state index in [1.165, 1.54) is 0 Å². The predicted molar refractivity (Wildman–Crippen MR) is 101 cm³/mol. The van der Waals surface area contributed by atoms with Crippen molar-refractivity contribution in [3.8, 4) is 0 Å². The number of hydrogen-bond acceptors (Lipinski definition) is 7. The molecule has 2 heterocycles. The topological polar surface area (TPSA) is 115 Å². The van der Waals surface area contributed by atoms with E-state index in [2.05, 4.69) is 15.5 Å². The SMILES string of the molecule is CCCc1noc(C(C)OC(=O)CN2C(=O)NC(CC)(c3ccccc3)C2=O)n1. The number of carbonyl (C=O) groups is 3. The molecule has 1 aliphatic rings. The minimum atomic E-state index is -1.19. The van der Waals surface area contributed by atoms with Crippen LogP contribution >= 0.6 is 0 Å². The molecule has 0 aliphatic carbocycles. The Hall–Kier alpha value is -3.23. The summed E-state index contributed by atoms with van der Waals surface area (Å²) in [6.45, 7) is 4.88. The monoisotopic (exact) mass is 400 g/mol. The van der Waals surface area contributed by atoms with Crippen molar-refractivity contribution in [3.05, 3.63) is 47.6 Å². The van der Waals surface area contributed by atoms with E-state index in [4.69, 9.17) is 9.26 Å². The third kappa shape index (κ3) is 3.98. The number of ether oxygens (including phenoxy) is 1. The Bertz CT molecular complexity index is 897. The van der Waals surface area contributed by atoms with Gasteiger partial charge in [-0.15, -0.1) is 0 Å². The van der Waals surface area contributed by atoms with Crippen molar-refractivity contribution >= 4 is 17.9 Å². The molecule has 2 unspecified atom stereocenters. The summed E-state index contributed by atoms with van der Waals surface area (Å²) in [4.78, 5) is 42.9. The number of rotatable bonds is 8. The van der Waals surface area contributed by atoms with Gasteiger partial charge in [0.1, 0.15) is 12.1 Å². The highest BCUT2D eigenvalue weighted by molar-refractivity contribution is 6.09. The second-order valence-electron chi connectivity index (χ2n) is 6.88. The lowest BCUT2D eigenvalue weighted by atomic mass is 9.87. The second-order valence-corrected chi connectivity index (χ2v) is 6.88. The largest absolute Gasteiger partial charge is 0.451 e. The highest BCUT2D eigenvalue weighted by Crippen LogP contribution is 2.32. The van der Waals surface area contributed by atoms with Crippen molar-refractivity contribution in [3.63, 3.8) is 0 Å². The molecule has 0 bridgehead atoms. The zero-order valence-corrected chi connectivity index (χ0v) is 16.7. The maximum Gasteiger partial charge on any atom is 0.327 e. The molecule has 1 fully saturated rings. The Morgan fingerprint density at radius 3 is 2.66 bits per heavy atom. The molecule has 0 radical (unpaired) electrons. The van der Waals surface area contributed by atoms with Crippen molar-refractivity contribution in [1.82, 2.24) is 20.4 Å². The molecular formula is C20H24N4O5. The fraction of sp³-hybridized carbons (Fsp3) is 0.450. The molecule has 29 heavy (non-hydrogen) atoms. The van der Waals surface area contributed by atoms with Crippen molar-refractivity contribution in [2.24, 2.45) is 0 Å². The molecule has 0 spiro atoms. The van der Waals surface area contributed by atoms with E-state index in [1.54, 1.807) is 38.1 Å². The first-order chi connectivity index (χ1) is 13.9. The number of hydrogen-bond donors (Lipinski definition) is 1. The summed E-state index contributed by atoms with van der Waals surface area (Å²) in [5, 5.41) is 6.55. The van der Waals surface area contributed by atoms with E-state index in [1.807, 2.05) is 13.0 Å². The molecule has 1 aromatic carbocycles. The smallest absolute Gasteiger partial charge is 0.327 e. The van der Waals surface area contributed by atoms with Crippen LogP contribution in [0.2, 0.25) is 0 Å². The van der Waals surface area contributed by atoms with Crippen LogP contribution in [0, 0.1) is 0 Å². The molecule has 2 atom stereocenters. The van der Waals surface area contributed by atoms with Crippen LogP contribution in [0.4, 0.5) is 4.79 Å². The molecule has 1 saturated heterocycles. The van der Waals surface area contributed by atoms with Crippen molar-refractivity contribution in [1.29, 1.82) is 0 Å². The second kappa shape index (κ2) is 8.42. The number of aromatic nitrogens is 2. The number of imide groups is 1. The first-order valence-electron chi connectivity index (χ1n) is 9.62. The number of amides is 3. The van der Waals surface area contributed by atoms with E-state index in [-0.39, 0.29) is 5.89 Å². The van der Waals surface area contributed by atoms with E-state index in [0.717, 1.165) is 11.3 Å². The Balaban J connectivity index is 1.68. The molecule has 3 rings (SSSR count). The summed E-state index contributed by atoms with van der Waals surface area (Å²) in [6, 6.07) is 8.33. The minimum Gasteiger partial charge on any atom is -0.451 e. The molecule has 1 N–H and O–H groups in total. The zero-order chi connectivity index (χ0) is 21.0. The normalized spacial score (nSPS) is 19.9. The fourth-order valence-corrected chi connectivity index (χ4v) is 3.30. The van der Waals surface area contributed by atoms with E-state index in [9.17, 15) is 14.4 Å². The number of aryl methyl sites for hydroxylation is 1. The molecule has 1 aromatic heterocycles. The third-order valence-corrected chi connectivity index (χ3v) is 4.87. The number of nitrogens with one attached hydrogen (secondary N) is 1. The van der Waals surface area contributed by atoms with Crippen LogP contribution in [0.3, 0.4) is 0 Å². The maximum atomic E-state index is 13.0. The highest BCUT2D eigenvalue weighted by atomic mass is 16.6. The van der Waals surface area contributed by atoms with Crippen LogP contribution in [-0.2, 0) is 26.3 Å². The van der Waals surface area contributed by atoms with Gasteiger partial charge in [0, 0.05) is 6.42 Å². The van der Waals surface area contributed by atoms with Crippen molar-refractivity contribution < 1.29 is 23.6 Å². The van der Waals surface area contributed by atoms with Crippen molar-refractivity contribution in [2.45, 2.75) is 51.7 Å². The van der Waals surface area contributed by atoms with Crippen LogP contribution in [0.25, 0.3) is 0 Å².